The highest BCUT2D eigenvalue weighted by atomic mass is 127. The van der Waals surface area contributed by atoms with E-state index in [4.69, 9.17) is 4.84 Å². The van der Waals surface area contributed by atoms with E-state index in [9.17, 15) is 67.1 Å². The van der Waals surface area contributed by atoms with Gasteiger partial charge in [0, 0.05) is 15.3 Å². The lowest BCUT2D eigenvalue weighted by Crippen LogP contribution is -2.59. The molecule has 0 spiro atoms. The molecule has 1 fully saturated rings. The summed E-state index contributed by atoms with van der Waals surface area (Å²) in [5, 5.41) is 1.60. The van der Waals surface area contributed by atoms with Gasteiger partial charge in [-0.2, -0.15) is 39.5 Å². The molecule has 2 amide bonds. The number of halogens is 15. The summed E-state index contributed by atoms with van der Waals surface area (Å²) in [6.07, 6.45) is -19.0. The van der Waals surface area contributed by atoms with Gasteiger partial charge in [-0.05, 0) is 71.8 Å². The van der Waals surface area contributed by atoms with Gasteiger partial charge in [0.2, 0.25) is 5.95 Å². The second-order valence-corrected chi connectivity index (χ2v) is 11.5. The van der Waals surface area contributed by atoms with Crippen LogP contribution in [-0.4, -0.2) is 47.4 Å². The summed E-state index contributed by atoms with van der Waals surface area (Å²) < 4.78 is 194. The standard InChI is InChI=1S/C28H14F14IN3O5/c29-18-7-6-12(10-44-18)22(48)46(51-23(49)11-4-5-11)16-3-1-2-14(19(16)30)21(47)45-20-15(43)8-13(9-17(20)50-28(40,41)42)24(31,26(34,35)36)25(32,33)27(37,38)39/h1-3,6-11H,4-5H2,(H,45,47). The Hall–Kier alpha value is -4.45. The number of hydrogen-bond donors (Lipinski definition) is 1. The molecule has 276 valence electrons. The normalized spacial score (nSPS) is 15.1. The first-order chi connectivity index (χ1) is 23.3. The van der Waals surface area contributed by atoms with Crippen LogP contribution in [0.5, 0.6) is 5.75 Å². The van der Waals surface area contributed by atoms with Crippen molar-refractivity contribution >= 4 is 51.7 Å². The minimum absolute atomic E-state index is 0.0389. The number of anilines is 2. The second kappa shape index (κ2) is 13.6. The van der Waals surface area contributed by atoms with Gasteiger partial charge in [0.05, 0.1) is 22.7 Å². The van der Waals surface area contributed by atoms with E-state index >= 15 is 8.78 Å². The van der Waals surface area contributed by atoms with Gasteiger partial charge in [-0.15, -0.1) is 18.2 Å². The molecule has 0 bridgehead atoms. The van der Waals surface area contributed by atoms with Crippen molar-refractivity contribution in [2.24, 2.45) is 5.92 Å². The van der Waals surface area contributed by atoms with Crippen LogP contribution in [0.2, 0.25) is 0 Å². The molecule has 1 atom stereocenters. The van der Waals surface area contributed by atoms with Gasteiger partial charge in [0.15, 0.2) is 11.6 Å². The first-order valence-electron chi connectivity index (χ1n) is 13.4. The van der Waals surface area contributed by atoms with E-state index in [1.54, 1.807) is 5.32 Å². The zero-order valence-electron chi connectivity index (χ0n) is 24.2. The first-order valence-corrected chi connectivity index (χ1v) is 14.5. The largest absolute Gasteiger partial charge is 0.573 e. The van der Waals surface area contributed by atoms with Crippen LogP contribution in [0, 0.1) is 21.3 Å². The molecular weight excluding hydrogens is 851 g/mol. The maximum Gasteiger partial charge on any atom is 0.573 e. The molecule has 1 aliphatic rings. The number of aromatic nitrogens is 1. The highest BCUT2D eigenvalue weighted by molar-refractivity contribution is 14.1. The Labute approximate surface area is 287 Å². The zero-order chi connectivity index (χ0) is 38.5. The summed E-state index contributed by atoms with van der Waals surface area (Å²) in [6.45, 7) is 0. The van der Waals surface area contributed by atoms with Crippen LogP contribution >= 0.6 is 22.6 Å². The summed E-state index contributed by atoms with van der Waals surface area (Å²) in [5.41, 5.74) is -13.6. The van der Waals surface area contributed by atoms with E-state index in [1.807, 2.05) is 0 Å². The fourth-order valence-corrected chi connectivity index (χ4v) is 4.90. The van der Waals surface area contributed by atoms with E-state index in [0.717, 1.165) is 40.8 Å². The van der Waals surface area contributed by atoms with Crippen LogP contribution in [0.4, 0.5) is 72.8 Å². The van der Waals surface area contributed by atoms with Gasteiger partial charge in [-0.25, -0.2) is 18.6 Å². The molecule has 1 aromatic heterocycles. The number of carbonyl (C=O) groups excluding carboxylic acids is 3. The molecule has 1 unspecified atom stereocenters. The molecule has 2 aromatic carbocycles. The number of rotatable bonds is 8. The van der Waals surface area contributed by atoms with Crippen molar-refractivity contribution in [1.29, 1.82) is 0 Å². The van der Waals surface area contributed by atoms with Crippen LogP contribution in [0.1, 0.15) is 39.1 Å². The molecule has 1 aliphatic carbocycles. The molecule has 3 aromatic rings. The van der Waals surface area contributed by atoms with Crippen molar-refractivity contribution < 1.29 is 85.4 Å². The number of benzene rings is 2. The topological polar surface area (TPSA) is 97.8 Å². The second-order valence-electron chi connectivity index (χ2n) is 10.4. The number of amides is 2. The fourth-order valence-electron chi connectivity index (χ4n) is 4.16. The molecule has 0 aliphatic heterocycles. The summed E-state index contributed by atoms with van der Waals surface area (Å²) in [5.74, 6) is -17.2. The summed E-state index contributed by atoms with van der Waals surface area (Å²) in [4.78, 5) is 46.9. The monoisotopic (exact) mass is 865 g/mol. The van der Waals surface area contributed by atoms with E-state index < -0.39 is 115 Å². The Kier molecular flexibility index (Phi) is 10.5. The summed E-state index contributed by atoms with van der Waals surface area (Å²) >= 11 is 0.743. The van der Waals surface area contributed by atoms with Crippen molar-refractivity contribution in [2.45, 2.75) is 43.1 Å². The molecular formula is C28H14F14IN3O5. The van der Waals surface area contributed by atoms with E-state index in [-0.39, 0.29) is 5.06 Å². The average molecular weight is 865 g/mol. The first kappa shape index (κ1) is 39.3. The Balaban J connectivity index is 1.81. The molecule has 1 saturated carbocycles. The molecule has 1 heterocycles. The third-order valence-electron chi connectivity index (χ3n) is 6.79. The zero-order valence-corrected chi connectivity index (χ0v) is 26.4. The van der Waals surface area contributed by atoms with Crippen LogP contribution in [0.15, 0.2) is 48.7 Å². The Bertz CT molecular complexity index is 1850. The molecule has 4 rings (SSSR count). The summed E-state index contributed by atoms with van der Waals surface area (Å²) in [7, 11) is 0. The lowest BCUT2D eigenvalue weighted by Gasteiger charge is -2.36. The summed E-state index contributed by atoms with van der Waals surface area (Å²) in [6, 6.07) is 2.55. The number of hydroxylamine groups is 1. The molecule has 0 radical (unpaired) electrons. The van der Waals surface area contributed by atoms with Crippen LogP contribution in [0.25, 0.3) is 0 Å². The van der Waals surface area contributed by atoms with Crippen LogP contribution < -0.4 is 15.1 Å². The van der Waals surface area contributed by atoms with E-state index in [1.165, 1.54) is 0 Å². The number of nitrogens with zero attached hydrogens (tertiary/aromatic N) is 2. The van der Waals surface area contributed by atoms with Gasteiger partial charge in [-0.3, -0.25) is 9.59 Å². The number of pyridine rings is 1. The van der Waals surface area contributed by atoms with E-state index in [0.29, 0.717) is 31.2 Å². The number of alkyl halides is 12. The predicted molar refractivity (Wildman–Crippen MR) is 150 cm³/mol. The van der Waals surface area contributed by atoms with Crippen molar-refractivity contribution in [3.8, 4) is 5.75 Å². The minimum Gasteiger partial charge on any atom is -0.404 e. The third kappa shape index (κ3) is 7.90. The van der Waals surface area contributed by atoms with Gasteiger partial charge in [0.25, 0.3) is 11.8 Å². The Morgan fingerprint density at radius 3 is 2.00 bits per heavy atom. The SMILES string of the molecule is O=C(Nc1c(I)cc(C(F)(C(F)(F)F)C(F)(F)C(F)(F)F)cc1OC(F)(F)F)c1cccc(N(OC(=O)C2CC2)C(=O)c2ccc(F)nc2)c1F. The molecule has 1 N–H and O–H groups in total. The quantitative estimate of drug-likeness (QED) is 0.106. The van der Waals surface area contributed by atoms with Crippen molar-refractivity contribution in [3.63, 3.8) is 0 Å². The van der Waals surface area contributed by atoms with Gasteiger partial charge in [0.1, 0.15) is 5.69 Å². The van der Waals surface area contributed by atoms with Gasteiger partial charge < -0.3 is 14.9 Å². The Morgan fingerprint density at radius 2 is 1.49 bits per heavy atom. The molecule has 8 nitrogen and oxygen atoms in total. The smallest absolute Gasteiger partial charge is 0.404 e. The predicted octanol–water partition coefficient (Wildman–Crippen LogP) is 8.56. The maximum absolute atomic E-state index is 15.9. The molecule has 0 saturated heterocycles. The lowest BCUT2D eigenvalue weighted by atomic mass is 9.87. The lowest BCUT2D eigenvalue weighted by molar-refractivity contribution is -0.389. The van der Waals surface area contributed by atoms with Crippen molar-refractivity contribution in [3.05, 3.63) is 80.7 Å². The van der Waals surface area contributed by atoms with Crippen LogP contribution in [0.3, 0.4) is 0 Å². The van der Waals surface area contributed by atoms with E-state index in [2.05, 4.69) is 9.72 Å². The van der Waals surface area contributed by atoms with Gasteiger partial charge >= 0.3 is 36.3 Å². The van der Waals surface area contributed by atoms with Gasteiger partial charge in [-0.1, -0.05) is 6.07 Å². The average Bonchev–Trinajstić information content (AvgIpc) is 3.85. The molecule has 51 heavy (non-hydrogen) atoms. The maximum atomic E-state index is 15.9. The fraction of sp³-hybridized carbons (Fsp3) is 0.286. The number of nitrogens with one attached hydrogen (secondary N) is 1. The highest BCUT2D eigenvalue weighted by Crippen LogP contribution is 2.59. The number of hydrogen-bond acceptors (Lipinski definition) is 6. The minimum atomic E-state index is -7.29. The third-order valence-corrected chi connectivity index (χ3v) is 7.64. The highest BCUT2D eigenvalue weighted by Gasteiger charge is 2.82. The number of ether oxygens (including phenoxy) is 1. The molecule has 23 heteroatoms. The van der Waals surface area contributed by atoms with Crippen molar-refractivity contribution in [1.82, 2.24) is 4.98 Å². The Morgan fingerprint density at radius 1 is 0.863 bits per heavy atom. The number of carbonyl (C=O) groups is 3. The van der Waals surface area contributed by atoms with Crippen molar-refractivity contribution in [2.75, 3.05) is 10.4 Å². The van der Waals surface area contributed by atoms with Crippen LogP contribution in [-0.2, 0) is 15.3 Å².